The van der Waals surface area contributed by atoms with Crippen LogP contribution in [0.2, 0.25) is 0 Å². The average molecular weight is 1250 g/mol. The number of carboxylic acids is 5. The molecule has 2 saturated heterocycles. The van der Waals surface area contributed by atoms with Gasteiger partial charge in [-0.2, -0.15) is 0 Å². The Balaban J connectivity index is 0.0000112. The average Bonchev–Trinajstić information content (AvgIpc) is 3.24. The molecule has 0 unspecified atom stereocenters. The summed E-state index contributed by atoms with van der Waals surface area (Å²) >= 11 is 0. The van der Waals surface area contributed by atoms with Crippen molar-refractivity contribution in [3.63, 3.8) is 0 Å². The maximum absolute atomic E-state index is 13.0. The van der Waals surface area contributed by atoms with Gasteiger partial charge in [-0.1, -0.05) is 0 Å². The first-order chi connectivity index (χ1) is 31.1. The molecule has 2 aliphatic heterocycles. The molecule has 390 valence electrons. The predicted octanol–water partition coefficient (Wildman–Crippen LogP) is -9.68. The van der Waals surface area contributed by atoms with E-state index in [1.54, 1.807) is 48.8 Å². The SMILES string of the molecule is O=CCN1CCN(CCCNC(=O)c2ccc(C(=O)NCCCN3CCN(CC(=O)[O-])CCN(CC(=O)[O-])CCN(CC(=O)[O-])CC3)cc2)CCN(CC(=O)[O-])CCN(CC(=O)[O-])CC1.[Tm].[Tm]. The van der Waals surface area contributed by atoms with Crippen LogP contribution in [-0.2, 0) is 28.8 Å². The Bertz CT molecular complexity index is 1670. The first-order valence-electron chi connectivity index (χ1n) is 22.0. The van der Waals surface area contributed by atoms with Crippen molar-refractivity contribution >= 4 is 47.9 Å². The number of benzene rings is 1. The molecule has 67 heavy (non-hydrogen) atoms. The van der Waals surface area contributed by atoms with Crippen LogP contribution in [-0.4, -0.2) is 257 Å². The Morgan fingerprint density at radius 2 is 0.627 bits per heavy atom. The largest absolute Gasteiger partial charge is 0.549 e. The molecule has 0 saturated carbocycles. The van der Waals surface area contributed by atoms with Gasteiger partial charge >= 0.3 is 0 Å². The fraction of sp³-hybridized carbons (Fsp3) is 0.667. The smallest absolute Gasteiger partial charge is 0.251 e. The number of carboxylic acid groups (broad SMARTS) is 5. The molecule has 2 amide bonds. The summed E-state index contributed by atoms with van der Waals surface area (Å²) in [4.78, 5) is 109. The predicted molar refractivity (Wildman–Crippen MR) is 223 cm³/mol. The molecular weight excluding hydrogens is 1190 g/mol. The summed E-state index contributed by atoms with van der Waals surface area (Å²) in [5.74, 6) is -7.01. The molecule has 0 atom stereocenters. The van der Waals surface area contributed by atoms with Crippen molar-refractivity contribution in [1.29, 1.82) is 0 Å². The fourth-order valence-electron chi connectivity index (χ4n) is 7.58. The zero-order chi connectivity index (χ0) is 47.6. The minimum absolute atomic E-state index is 0. The van der Waals surface area contributed by atoms with E-state index in [2.05, 4.69) is 15.5 Å². The second-order valence-corrected chi connectivity index (χ2v) is 16.2. The van der Waals surface area contributed by atoms with Crippen LogP contribution in [0.5, 0.6) is 0 Å². The second-order valence-electron chi connectivity index (χ2n) is 16.2. The van der Waals surface area contributed by atoms with Gasteiger partial charge in [-0.3, -0.25) is 39.0 Å². The molecule has 2 aliphatic rings. The van der Waals surface area contributed by atoms with Crippen LogP contribution < -0.4 is 36.2 Å². The number of amides is 2. The van der Waals surface area contributed by atoms with Crippen molar-refractivity contribution in [3.8, 4) is 0 Å². The van der Waals surface area contributed by atoms with Gasteiger partial charge in [0, 0.05) is 235 Å². The van der Waals surface area contributed by atoms with Gasteiger partial charge in [-0.25, -0.2) is 0 Å². The van der Waals surface area contributed by atoms with Crippen LogP contribution in [0.1, 0.15) is 33.6 Å². The van der Waals surface area contributed by atoms with E-state index in [4.69, 9.17) is 0 Å². The minimum atomic E-state index is -1.30. The van der Waals surface area contributed by atoms with Gasteiger partial charge in [-0.05, 0) is 50.2 Å². The van der Waals surface area contributed by atoms with Gasteiger partial charge in [0.2, 0.25) is 0 Å². The van der Waals surface area contributed by atoms with Crippen molar-refractivity contribution in [2.75, 3.05) is 170 Å². The molecule has 0 aromatic heterocycles. The van der Waals surface area contributed by atoms with Crippen molar-refractivity contribution in [1.82, 2.24) is 49.8 Å². The summed E-state index contributed by atoms with van der Waals surface area (Å²) in [7, 11) is 0. The maximum atomic E-state index is 13.0. The van der Waals surface area contributed by atoms with Gasteiger partial charge in [0.05, 0.1) is 36.4 Å². The summed E-state index contributed by atoms with van der Waals surface area (Å²) in [6.45, 7) is 5.90. The minimum Gasteiger partial charge on any atom is -0.549 e. The third kappa shape index (κ3) is 27.9. The molecule has 1 aromatic rings. The Hall–Kier alpha value is -2.67. The molecule has 3 rings (SSSR count). The van der Waals surface area contributed by atoms with Gasteiger partial charge in [0.25, 0.3) is 11.8 Å². The van der Waals surface area contributed by atoms with E-state index in [1.165, 1.54) is 0 Å². The monoisotopic (exact) mass is 1250 g/mol. The van der Waals surface area contributed by atoms with Gasteiger partial charge in [-0.15, -0.1) is 0 Å². The molecule has 0 spiro atoms. The van der Waals surface area contributed by atoms with Crippen molar-refractivity contribution in [3.05, 3.63) is 35.4 Å². The molecule has 2 fully saturated rings. The molecule has 2 N–H and O–H groups in total. The molecule has 2 heterocycles. The van der Waals surface area contributed by atoms with E-state index >= 15 is 0 Å². The zero-order valence-corrected chi connectivity index (χ0v) is 41.2. The number of rotatable bonds is 22. The van der Waals surface area contributed by atoms with E-state index in [0.717, 1.165) is 6.29 Å². The molecule has 25 heteroatoms. The number of hydrogen-bond acceptors (Lipinski definition) is 21. The Morgan fingerprint density at radius 1 is 0.403 bits per heavy atom. The number of aldehydes is 1. The van der Waals surface area contributed by atoms with Gasteiger partial charge in [0.1, 0.15) is 6.29 Å². The number of nitrogens with one attached hydrogen (secondary N) is 2. The number of aliphatic carboxylic acids is 5. The summed E-state index contributed by atoms with van der Waals surface area (Å²) in [5, 5.41) is 62.7. The Labute approximate surface area is 450 Å². The Kier molecular flexibility index (Phi) is 33.0. The van der Waals surface area contributed by atoms with E-state index < -0.39 is 29.8 Å². The van der Waals surface area contributed by atoms with Crippen LogP contribution >= 0.6 is 0 Å². The van der Waals surface area contributed by atoms with E-state index in [9.17, 15) is 63.9 Å². The number of carbonyl (C=O) groups is 8. The van der Waals surface area contributed by atoms with E-state index in [-0.39, 0.29) is 151 Å². The molecular formula is C42H63N10O13Tm2-5. The van der Waals surface area contributed by atoms with Crippen LogP contribution in [0.15, 0.2) is 24.3 Å². The number of hydrogen-bond donors (Lipinski definition) is 2. The fourth-order valence-corrected chi connectivity index (χ4v) is 7.58. The van der Waals surface area contributed by atoms with Crippen molar-refractivity contribution in [2.45, 2.75) is 12.8 Å². The standard InChI is InChI=1S/C42H68N10O13.2Tm/c53-28-27-47-12-11-45(13-17-48(29-36(54)55)21-22-51(20-16-47)32-39(60)61)9-1-7-43-41(64)34-3-5-35(6-4-34)42(65)44-8-2-10-46-14-18-49(30-37(56)57)23-25-52(33-40(62)63)26-24-50(19-15-46)31-38(58)59;;/h3-6,28H,1-2,7-27,29-33H2,(H,43,64)(H,44,65)(H,54,55)(H,56,57)(H,58,59)(H,60,61)(H,62,63);;/p-5. The normalized spacial score (nSPS) is 18.0. The molecule has 0 aliphatic carbocycles. The second kappa shape index (κ2) is 35.4. The van der Waals surface area contributed by atoms with Crippen LogP contribution in [0.25, 0.3) is 0 Å². The first-order valence-corrected chi connectivity index (χ1v) is 22.0. The van der Waals surface area contributed by atoms with E-state index in [1.807, 2.05) is 9.80 Å². The van der Waals surface area contributed by atoms with Crippen LogP contribution in [0.3, 0.4) is 0 Å². The summed E-state index contributed by atoms with van der Waals surface area (Å²) in [6.07, 6.45) is 1.88. The zero-order valence-electron chi connectivity index (χ0n) is 37.6. The maximum Gasteiger partial charge on any atom is 0.251 e. The van der Waals surface area contributed by atoms with Crippen molar-refractivity contribution in [2.24, 2.45) is 0 Å². The van der Waals surface area contributed by atoms with Crippen LogP contribution in [0.4, 0.5) is 0 Å². The third-order valence-electron chi connectivity index (χ3n) is 11.2. The summed E-state index contributed by atoms with van der Waals surface area (Å²) in [5.41, 5.74) is 0.694. The number of nitrogens with zero attached hydrogens (tertiary/aromatic N) is 8. The molecule has 23 nitrogen and oxygen atoms in total. The molecule has 1 aromatic carbocycles. The number of carbonyl (C=O) groups excluding carboxylic acids is 8. The summed E-state index contributed by atoms with van der Waals surface area (Å²) in [6, 6.07) is 6.19. The van der Waals surface area contributed by atoms with E-state index in [0.29, 0.717) is 129 Å². The topological polar surface area (TPSA) is 302 Å². The van der Waals surface area contributed by atoms with Crippen LogP contribution in [0, 0.1) is 73.7 Å². The molecule has 0 bridgehead atoms. The third-order valence-corrected chi connectivity index (χ3v) is 11.2. The first kappa shape index (κ1) is 62.3. The Morgan fingerprint density at radius 3 is 0.851 bits per heavy atom. The van der Waals surface area contributed by atoms with Gasteiger partial charge < -0.3 is 74.7 Å². The van der Waals surface area contributed by atoms with Gasteiger partial charge in [0.15, 0.2) is 0 Å². The summed E-state index contributed by atoms with van der Waals surface area (Å²) < 4.78 is 0. The van der Waals surface area contributed by atoms with Crippen molar-refractivity contribution < 1.29 is 138 Å². The molecule has 2 radical (unpaired) electrons. The quantitative estimate of drug-likeness (QED) is 0.0805.